The number of nitrogens with zero attached hydrogens (tertiary/aromatic N) is 1. The topological polar surface area (TPSA) is 41.3 Å². The van der Waals surface area contributed by atoms with Crippen molar-refractivity contribution >= 4 is 17.1 Å². The normalized spacial score (nSPS) is 18.4. The molecule has 0 aliphatic heterocycles. The van der Waals surface area contributed by atoms with Gasteiger partial charge in [0.05, 0.1) is 18.5 Å². The zero-order chi connectivity index (χ0) is 14.2. The second kappa shape index (κ2) is 4.92. The molecule has 106 valence electrons. The average molecular weight is 278 g/mol. The number of aryl methyl sites for hydroxylation is 2. The molecule has 0 amide bonds. The number of hydrogen-bond donors (Lipinski definition) is 1. The Bertz CT molecular complexity index is 796. The fraction of sp³-hybridized carbons (Fsp3) is 0.278. The Morgan fingerprint density at radius 1 is 1.33 bits per heavy atom. The first kappa shape index (κ1) is 12.5. The van der Waals surface area contributed by atoms with E-state index in [9.17, 15) is 0 Å². The summed E-state index contributed by atoms with van der Waals surface area (Å²) in [5.41, 5.74) is 5.27. The molecule has 3 aromatic rings. The maximum Gasteiger partial charge on any atom is 0.144 e. The quantitative estimate of drug-likeness (QED) is 0.686. The van der Waals surface area contributed by atoms with Crippen LogP contribution in [0.3, 0.4) is 0 Å². The van der Waals surface area contributed by atoms with E-state index < -0.39 is 0 Å². The van der Waals surface area contributed by atoms with Crippen molar-refractivity contribution in [1.29, 1.82) is 0 Å². The number of fused-ring (bicyclic) bond motifs is 3. The molecule has 1 aromatic carbocycles. The lowest BCUT2D eigenvalue weighted by molar-refractivity contribution is 0.549. The second-order valence-corrected chi connectivity index (χ2v) is 5.77. The molecule has 0 spiro atoms. The van der Waals surface area contributed by atoms with Crippen molar-refractivity contribution in [3.8, 4) is 0 Å². The third kappa shape index (κ3) is 2.19. The van der Waals surface area contributed by atoms with E-state index >= 15 is 0 Å². The highest BCUT2D eigenvalue weighted by Crippen LogP contribution is 2.37. The van der Waals surface area contributed by atoms with E-state index in [2.05, 4.69) is 30.1 Å². The lowest BCUT2D eigenvalue weighted by atomic mass is 9.92. The fourth-order valence-corrected chi connectivity index (χ4v) is 3.23. The summed E-state index contributed by atoms with van der Waals surface area (Å²) in [4.78, 5) is 8.31. The van der Waals surface area contributed by atoms with Crippen molar-refractivity contribution in [3.63, 3.8) is 0 Å². The van der Waals surface area contributed by atoms with Crippen LogP contribution in [-0.2, 0) is 6.42 Å². The Hall–Kier alpha value is -2.29. The van der Waals surface area contributed by atoms with Crippen LogP contribution in [-0.4, -0.2) is 11.2 Å². The molecule has 1 aliphatic carbocycles. The lowest BCUT2D eigenvalue weighted by Gasteiger charge is -2.18. The van der Waals surface area contributed by atoms with Crippen molar-refractivity contribution in [3.05, 3.63) is 59.2 Å². The highest BCUT2D eigenvalue weighted by Gasteiger charge is 2.23. The summed E-state index contributed by atoms with van der Waals surface area (Å²) < 4.78 is 5.33. The molecule has 4 rings (SSSR count). The van der Waals surface area contributed by atoms with Gasteiger partial charge in [-0.15, -0.1) is 0 Å². The standard InChI is InChI=1S/C18H18N2O/c1-12-7-8-16-15(10-12)14-5-2-6-17(18(14)20-16)19-11-13-4-3-9-21-13/h3-4,7-11,17,20H,2,5-6H2,1H3. The SMILES string of the molecule is Cc1ccc2[nH]c3c(c2c1)CCCC3N=Cc1ccco1. The number of H-pyrrole nitrogens is 1. The van der Waals surface area contributed by atoms with Crippen molar-refractivity contribution in [1.82, 2.24) is 4.98 Å². The monoisotopic (exact) mass is 278 g/mol. The van der Waals surface area contributed by atoms with Crippen LogP contribution in [0.2, 0.25) is 0 Å². The molecule has 2 aromatic heterocycles. The van der Waals surface area contributed by atoms with Crippen molar-refractivity contribution in [2.45, 2.75) is 32.2 Å². The third-order valence-electron chi connectivity index (χ3n) is 4.26. The van der Waals surface area contributed by atoms with Crippen LogP contribution in [0.5, 0.6) is 0 Å². The number of furan rings is 1. The van der Waals surface area contributed by atoms with Crippen LogP contribution in [0.1, 0.15) is 41.5 Å². The highest BCUT2D eigenvalue weighted by atomic mass is 16.3. The number of aliphatic imine (C=N–C) groups is 1. The Kier molecular flexibility index (Phi) is 2.92. The van der Waals surface area contributed by atoms with E-state index in [4.69, 9.17) is 9.41 Å². The van der Waals surface area contributed by atoms with Gasteiger partial charge in [0, 0.05) is 16.6 Å². The summed E-state index contributed by atoms with van der Waals surface area (Å²) in [7, 11) is 0. The summed E-state index contributed by atoms with van der Waals surface area (Å²) in [5, 5.41) is 1.36. The van der Waals surface area contributed by atoms with Gasteiger partial charge >= 0.3 is 0 Å². The minimum atomic E-state index is 0.214. The Morgan fingerprint density at radius 3 is 3.14 bits per heavy atom. The van der Waals surface area contributed by atoms with E-state index in [1.54, 1.807) is 6.26 Å². The predicted octanol–water partition coefficient (Wildman–Crippen LogP) is 4.57. The number of nitrogens with one attached hydrogen (secondary N) is 1. The van der Waals surface area contributed by atoms with E-state index in [0.29, 0.717) is 0 Å². The van der Waals surface area contributed by atoms with Crippen LogP contribution in [0.4, 0.5) is 0 Å². The summed E-state index contributed by atoms with van der Waals surface area (Å²) in [6.45, 7) is 2.15. The largest absolute Gasteiger partial charge is 0.463 e. The smallest absolute Gasteiger partial charge is 0.144 e. The maximum atomic E-state index is 5.33. The fourth-order valence-electron chi connectivity index (χ4n) is 3.23. The van der Waals surface area contributed by atoms with Gasteiger partial charge in [0.25, 0.3) is 0 Å². The molecule has 0 radical (unpaired) electrons. The molecule has 3 heteroatoms. The Morgan fingerprint density at radius 2 is 2.29 bits per heavy atom. The number of aromatic nitrogens is 1. The van der Waals surface area contributed by atoms with Crippen LogP contribution < -0.4 is 0 Å². The first-order valence-corrected chi connectivity index (χ1v) is 7.49. The molecule has 0 bridgehead atoms. The van der Waals surface area contributed by atoms with Gasteiger partial charge in [-0.3, -0.25) is 4.99 Å². The number of aromatic amines is 1. The van der Waals surface area contributed by atoms with Gasteiger partial charge < -0.3 is 9.40 Å². The van der Waals surface area contributed by atoms with Gasteiger partial charge in [0.15, 0.2) is 0 Å². The van der Waals surface area contributed by atoms with E-state index in [-0.39, 0.29) is 6.04 Å². The molecule has 0 fully saturated rings. The number of benzene rings is 1. The number of rotatable bonds is 2. The molecule has 21 heavy (non-hydrogen) atoms. The van der Waals surface area contributed by atoms with E-state index in [1.807, 2.05) is 18.3 Å². The number of hydrogen-bond acceptors (Lipinski definition) is 2. The van der Waals surface area contributed by atoms with E-state index in [1.165, 1.54) is 34.1 Å². The minimum absolute atomic E-state index is 0.214. The lowest BCUT2D eigenvalue weighted by Crippen LogP contribution is -2.07. The zero-order valence-electron chi connectivity index (χ0n) is 12.1. The average Bonchev–Trinajstić information content (AvgIpc) is 3.12. The third-order valence-corrected chi connectivity index (χ3v) is 4.26. The maximum absolute atomic E-state index is 5.33. The first-order chi connectivity index (χ1) is 10.3. The molecule has 0 saturated heterocycles. The molecule has 0 saturated carbocycles. The van der Waals surface area contributed by atoms with Gasteiger partial charge in [-0.1, -0.05) is 11.6 Å². The molecule has 1 N–H and O–H groups in total. The molecule has 1 atom stereocenters. The van der Waals surface area contributed by atoms with Gasteiger partial charge in [0.1, 0.15) is 5.76 Å². The highest BCUT2D eigenvalue weighted by molar-refractivity contribution is 5.86. The first-order valence-electron chi connectivity index (χ1n) is 7.49. The Balaban J connectivity index is 1.75. The zero-order valence-corrected chi connectivity index (χ0v) is 12.1. The van der Waals surface area contributed by atoms with Gasteiger partial charge in [-0.2, -0.15) is 0 Å². The van der Waals surface area contributed by atoms with Gasteiger partial charge in [0.2, 0.25) is 0 Å². The van der Waals surface area contributed by atoms with Crippen LogP contribution in [0, 0.1) is 6.92 Å². The molecular weight excluding hydrogens is 260 g/mol. The van der Waals surface area contributed by atoms with Crippen molar-refractivity contribution < 1.29 is 4.42 Å². The van der Waals surface area contributed by atoms with Crippen LogP contribution >= 0.6 is 0 Å². The van der Waals surface area contributed by atoms with E-state index in [0.717, 1.165) is 18.6 Å². The predicted molar refractivity (Wildman–Crippen MR) is 85.0 cm³/mol. The molecular formula is C18H18N2O. The molecule has 1 unspecified atom stereocenters. The van der Waals surface area contributed by atoms with Crippen LogP contribution in [0.25, 0.3) is 10.9 Å². The summed E-state index contributed by atoms with van der Waals surface area (Å²) in [6, 6.07) is 10.7. The second-order valence-electron chi connectivity index (χ2n) is 5.77. The van der Waals surface area contributed by atoms with Crippen molar-refractivity contribution in [2.24, 2.45) is 4.99 Å². The van der Waals surface area contributed by atoms with Crippen LogP contribution in [0.15, 0.2) is 46.0 Å². The summed E-state index contributed by atoms with van der Waals surface area (Å²) in [5.74, 6) is 0.814. The summed E-state index contributed by atoms with van der Waals surface area (Å²) in [6.07, 6.45) is 6.95. The van der Waals surface area contributed by atoms with Gasteiger partial charge in [-0.05, 0) is 56.0 Å². The Labute approximate surface area is 123 Å². The summed E-state index contributed by atoms with van der Waals surface area (Å²) >= 11 is 0. The van der Waals surface area contributed by atoms with Crippen molar-refractivity contribution in [2.75, 3.05) is 0 Å². The van der Waals surface area contributed by atoms with Gasteiger partial charge in [-0.25, -0.2) is 0 Å². The minimum Gasteiger partial charge on any atom is -0.463 e. The molecule has 2 heterocycles. The molecule has 1 aliphatic rings. The molecule has 3 nitrogen and oxygen atoms in total.